The third-order valence-corrected chi connectivity index (χ3v) is 4.80. The Morgan fingerprint density at radius 2 is 2.24 bits per heavy atom. The molecule has 1 aliphatic heterocycles. The van der Waals surface area contributed by atoms with Gasteiger partial charge in [-0.3, -0.25) is 4.90 Å². The molecule has 1 atom stereocenters. The highest BCUT2D eigenvalue weighted by Crippen LogP contribution is 2.40. The molecule has 4 rings (SSSR count). The maximum atomic E-state index is 13.3. The first-order chi connectivity index (χ1) is 10.2. The van der Waals surface area contributed by atoms with Gasteiger partial charge in [-0.05, 0) is 36.5 Å². The van der Waals surface area contributed by atoms with E-state index in [1.807, 2.05) is 0 Å². The number of H-pyrrole nitrogens is 1. The van der Waals surface area contributed by atoms with Crippen LogP contribution in [0.5, 0.6) is 0 Å². The zero-order chi connectivity index (χ0) is 14.4. The third-order valence-electron chi connectivity index (χ3n) is 4.47. The zero-order valence-corrected chi connectivity index (χ0v) is 12.4. The van der Waals surface area contributed by atoms with E-state index in [1.165, 1.54) is 30.7 Å². The van der Waals surface area contributed by atoms with Gasteiger partial charge in [-0.25, -0.2) is 9.37 Å². The van der Waals surface area contributed by atoms with E-state index in [0.717, 1.165) is 36.7 Å². The first-order valence-corrected chi connectivity index (χ1v) is 7.81. The van der Waals surface area contributed by atoms with Gasteiger partial charge in [0.15, 0.2) is 0 Å². The number of nitrogens with zero attached hydrogens (tertiary/aromatic N) is 2. The zero-order valence-electron chi connectivity index (χ0n) is 11.6. The van der Waals surface area contributed by atoms with Gasteiger partial charge >= 0.3 is 0 Å². The Kier molecular flexibility index (Phi) is 3.23. The SMILES string of the molecule is Fc1ccc([C@H]2c3nc[nH]c3CCN2CC2CC2)c(Cl)c1. The fraction of sp³-hybridized carbons (Fsp3) is 0.438. The Morgan fingerprint density at radius 3 is 3.00 bits per heavy atom. The molecule has 0 bridgehead atoms. The molecule has 0 saturated heterocycles. The van der Waals surface area contributed by atoms with Crippen molar-refractivity contribution in [2.24, 2.45) is 5.92 Å². The Hall–Kier alpha value is -1.39. The summed E-state index contributed by atoms with van der Waals surface area (Å²) in [5, 5.41) is 0.483. The summed E-state index contributed by atoms with van der Waals surface area (Å²) in [5.41, 5.74) is 3.16. The lowest BCUT2D eigenvalue weighted by Gasteiger charge is -2.35. The van der Waals surface area contributed by atoms with E-state index in [0.29, 0.717) is 5.02 Å². The summed E-state index contributed by atoms with van der Waals surface area (Å²) in [4.78, 5) is 10.2. The lowest BCUT2D eigenvalue weighted by molar-refractivity contribution is 0.200. The summed E-state index contributed by atoms with van der Waals surface area (Å²) in [6.07, 6.45) is 5.36. The van der Waals surface area contributed by atoms with Crippen molar-refractivity contribution >= 4 is 11.6 Å². The Balaban J connectivity index is 1.76. The quantitative estimate of drug-likeness (QED) is 0.940. The Labute approximate surface area is 128 Å². The normalized spacial score (nSPS) is 22.3. The van der Waals surface area contributed by atoms with E-state index in [2.05, 4.69) is 14.9 Å². The molecule has 0 unspecified atom stereocenters. The smallest absolute Gasteiger partial charge is 0.124 e. The van der Waals surface area contributed by atoms with Crippen LogP contribution in [0.4, 0.5) is 4.39 Å². The van der Waals surface area contributed by atoms with E-state index in [4.69, 9.17) is 11.6 Å². The van der Waals surface area contributed by atoms with Gasteiger partial charge in [0.1, 0.15) is 5.82 Å². The molecule has 2 heterocycles. The Morgan fingerprint density at radius 1 is 1.38 bits per heavy atom. The third kappa shape index (κ3) is 2.47. The van der Waals surface area contributed by atoms with Crippen LogP contribution in [-0.4, -0.2) is 28.0 Å². The summed E-state index contributed by atoms with van der Waals surface area (Å²) < 4.78 is 13.3. The molecule has 0 amide bonds. The number of halogens is 2. The lowest BCUT2D eigenvalue weighted by Crippen LogP contribution is -2.37. The molecule has 1 aromatic heterocycles. The molecule has 0 spiro atoms. The average molecular weight is 306 g/mol. The highest BCUT2D eigenvalue weighted by molar-refractivity contribution is 6.31. The average Bonchev–Trinajstić information content (AvgIpc) is 3.14. The second-order valence-corrected chi connectivity index (χ2v) is 6.43. The van der Waals surface area contributed by atoms with Crippen LogP contribution in [-0.2, 0) is 6.42 Å². The second kappa shape index (κ2) is 5.11. The van der Waals surface area contributed by atoms with Gasteiger partial charge in [-0.15, -0.1) is 0 Å². The van der Waals surface area contributed by atoms with E-state index < -0.39 is 0 Å². The van der Waals surface area contributed by atoms with Gasteiger partial charge in [0, 0.05) is 30.2 Å². The summed E-state index contributed by atoms with van der Waals surface area (Å²) in [6, 6.07) is 4.71. The predicted octanol–water partition coefficient (Wildman–Crippen LogP) is 3.56. The standard InChI is InChI=1S/C16H17ClFN3/c17-13-7-11(18)3-4-12(13)16-15-14(19-9-20-15)5-6-21(16)8-10-1-2-10/h3-4,7,9-10,16H,1-2,5-6,8H2,(H,19,20)/t16-/m0/s1. The van der Waals surface area contributed by atoms with Crippen LogP contribution in [0, 0.1) is 11.7 Å². The number of benzene rings is 1. The van der Waals surface area contributed by atoms with Crippen molar-refractivity contribution in [3.63, 3.8) is 0 Å². The Bertz CT molecular complexity index is 665. The van der Waals surface area contributed by atoms with E-state index in [-0.39, 0.29) is 11.9 Å². The predicted molar refractivity (Wildman–Crippen MR) is 79.8 cm³/mol. The van der Waals surface area contributed by atoms with Crippen molar-refractivity contribution in [1.82, 2.24) is 14.9 Å². The van der Waals surface area contributed by atoms with Gasteiger partial charge in [0.05, 0.1) is 18.1 Å². The highest BCUT2D eigenvalue weighted by Gasteiger charge is 2.35. The van der Waals surface area contributed by atoms with Crippen LogP contribution in [0.3, 0.4) is 0 Å². The van der Waals surface area contributed by atoms with Crippen molar-refractivity contribution in [3.05, 3.63) is 52.3 Å². The lowest BCUT2D eigenvalue weighted by atomic mass is 9.95. The largest absolute Gasteiger partial charge is 0.348 e. The van der Waals surface area contributed by atoms with Crippen LogP contribution < -0.4 is 0 Å². The van der Waals surface area contributed by atoms with Gasteiger partial charge in [0.2, 0.25) is 0 Å². The monoisotopic (exact) mass is 305 g/mol. The number of rotatable bonds is 3. The molecule has 2 aromatic rings. The molecule has 1 saturated carbocycles. The first kappa shape index (κ1) is 13.3. The number of fused-ring (bicyclic) bond motifs is 1. The molecule has 1 aromatic carbocycles. The van der Waals surface area contributed by atoms with Gasteiger partial charge in [-0.1, -0.05) is 17.7 Å². The number of aromatic amines is 1. The molecule has 110 valence electrons. The summed E-state index contributed by atoms with van der Waals surface area (Å²) in [5.74, 6) is 0.503. The highest BCUT2D eigenvalue weighted by atomic mass is 35.5. The molecular formula is C16H17ClFN3. The van der Waals surface area contributed by atoms with Crippen molar-refractivity contribution in [2.45, 2.75) is 25.3 Å². The molecule has 1 fully saturated rings. The molecule has 21 heavy (non-hydrogen) atoms. The van der Waals surface area contributed by atoms with Crippen molar-refractivity contribution in [2.75, 3.05) is 13.1 Å². The number of imidazole rings is 1. The molecule has 3 nitrogen and oxygen atoms in total. The van der Waals surface area contributed by atoms with Gasteiger partial charge in [-0.2, -0.15) is 0 Å². The first-order valence-electron chi connectivity index (χ1n) is 7.43. The fourth-order valence-electron chi connectivity index (χ4n) is 3.22. The maximum absolute atomic E-state index is 13.3. The molecular weight excluding hydrogens is 289 g/mol. The maximum Gasteiger partial charge on any atom is 0.124 e. The molecule has 5 heteroatoms. The van der Waals surface area contributed by atoms with Crippen LogP contribution in [0.25, 0.3) is 0 Å². The number of hydrogen-bond donors (Lipinski definition) is 1. The van der Waals surface area contributed by atoms with Crippen molar-refractivity contribution in [1.29, 1.82) is 0 Å². The van der Waals surface area contributed by atoms with Crippen LogP contribution >= 0.6 is 11.6 Å². The number of aromatic nitrogens is 2. The van der Waals surface area contributed by atoms with E-state index in [9.17, 15) is 4.39 Å². The van der Waals surface area contributed by atoms with Gasteiger partial charge < -0.3 is 4.98 Å². The summed E-state index contributed by atoms with van der Waals surface area (Å²) in [7, 11) is 0. The van der Waals surface area contributed by atoms with Crippen molar-refractivity contribution < 1.29 is 4.39 Å². The molecule has 0 radical (unpaired) electrons. The van der Waals surface area contributed by atoms with E-state index >= 15 is 0 Å². The topological polar surface area (TPSA) is 31.9 Å². The number of nitrogens with one attached hydrogen (secondary N) is 1. The van der Waals surface area contributed by atoms with Gasteiger partial charge in [0.25, 0.3) is 0 Å². The summed E-state index contributed by atoms with van der Waals surface area (Å²) >= 11 is 6.31. The number of hydrogen-bond acceptors (Lipinski definition) is 2. The van der Waals surface area contributed by atoms with Crippen molar-refractivity contribution in [3.8, 4) is 0 Å². The minimum Gasteiger partial charge on any atom is -0.348 e. The van der Waals surface area contributed by atoms with E-state index in [1.54, 1.807) is 12.4 Å². The van der Waals surface area contributed by atoms with Crippen LogP contribution in [0.15, 0.2) is 24.5 Å². The molecule has 1 N–H and O–H groups in total. The van der Waals surface area contributed by atoms with Crippen LogP contribution in [0.2, 0.25) is 5.02 Å². The molecule has 1 aliphatic carbocycles. The summed E-state index contributed by atoms with van der Waals surface area (Å²) in [6.45, 7) is 2.06. The van der Waals surface area contributed by atoms with Crippen LogP contribution in [0.1, 0.15) is 35.8 Å². The minimum absolute atomic E-state index is 0.0358. The second-order valence-electron chi connectivity index (χ2n) is 6.02. The molecule has 2 aliphatic rings. The minimum atomic E-state index is -0.296. The fourth-order valence-corrected chi connectivity index (χ4v) is 3.49.